The van der Waals surface area contributed by atoms with Gasteiger partial charge in [0.1, 0.15) is 60.6 Å². The van der Waals surface area contributed by atoms with Gasteiger partial charge in [0, 0.05) is 0 Å². The van der Waals surface area contributed by atoms with Crippen molar-refractivity contribution in [2.45, 2.75) is 93.7 Å². The highest BCUT2D eigenvalue weighted by atomic mass is 16.6. The van der Waals surface area contributed by atoms with E-state index < -0.39 is 0 Å². The molecule has 4 atom stereocenters. The SMILES string of the molecule is Cc1cc(-c2cc(C)c(OC(C)COCCOCC(C)Oc3c(C)cc(-c4cc(C)c(OCC5CO5)c(C)c4)cc3C)c(C)c2)cc(C)c1OCC1CO1. The van der Waals surface area contributed by atoms with Gasteiger partial charge in [-0.15, -0.1) is 0 Å². The van der Waals surface area contributed by atoms with E-state index in [0.29, 0.717) is 39.6 Å². The average Bonchev–Trinajstić information content (AvgIpc) is 4.05. The van der Waals surface area contributed by atoms with E-state index in [1.165, 1.54) is 22.3 Å². The first-order chi connectivity index (χ1) is 25.9. The Morgan fingerprint density at radius 3 is 0.981 bits per heavy atom. The molecule has 2 heterocycles. The third-order valence-electron chi connectivity index (χ3n) is 9.86. The first-order valence-electron chi connectivity index (χ1n) is 19.3. The fraction of sp³-hybridized carbons (Fsp3) is 0.478. The molecule has 8 heteroatoms. The Morgan fingerprint density at radius 2 is 0.722 bits per heavy atom. The second-order valence-corrected chi connectivity index (χ2v) is 15.3. The summed E-state index contributed by atoms with van der Waals surface area (Å²) in [6.45, 7) is 25.6. The van der Waals surface area contributed by atoms with Crippen molar-refractivity contribution < 1.29 is 37.9 Å². The number of epoxide rings is 2. The molecule has 8 nitrogen and oxygen atoms in total. The number of benzene rings is 4. The van der Waals surface area contributed by atoms with Crippen molar-refractivity contribution in [1.29, 1.82) is 0 Å². The van der Waals surface area contributed by atoms with Gasteiger partial charge in [0.25, 0.3) is 0 Å². The van der Waals surface area contributed by atoms with Crippen LogP contribution in [-0.4, -0.2) is 77.3 Å². The number of aryl methyl sites for hydroxylation is 8. The van der Waals surface area contributed by atoms with Gasteiger partial charge in [0.2, 0.25) is 0 Å². The van der Waals surface area contributed by atoms with Crippen LogP contribution in [0.15, 0.2) is 48.5 Å². The van der Waals surface area contributed by atoms with E-state index in [9.17, 15) is 0 Å². The van der Waals surface area contributed by atoms with E-state index in [-0.39, 0.29) is 24.4 Å². The molecular weight excluding hydrogens is 680 g/mol. The third-order valence-corrected chi connectivity index (χ3v) is 9.86. The van der Waals surface area contributed by atoms with E-state index in [0.717, 1.165) is 80.7 Å². The largest absolute Gasteiger partial charge is 0.490 e. The topological polar surface area (TPSA) is 80.4 Å². The standard InChI is InChI=1S/C46H58O8/c1-27-13-37(14-28(2)43(27)51-25-41-23-49-41)39-17-31(5)45(32(6)18-39)53-35(9)21-47-11-12-48-22-36(10)54-46-33(7)19-40(20-34(46)8)38-15-29(3)44(30(4)16-38)52-26-42-24-50-42/h13-20,35-36,41-42H,11-12,21-26H2,1-10H3. The Balaban J connectivity index is 0.928. The van der Waals surface area contributed by atoms with Gasteiger partial charge in [-0.2, -0.15) is 0 Å². The summed E-state index contributed by atoms with van der Waals surface area (Å²) in [5, 5.41) is 0. The van der Waals surface area contributed by atoms with Crippen LogP contribution in [0, 0.1) is 55.4 Å². The van der Waals surface area contributed by atoms with Gasteiger partial charge < -0.3 is 37.9 Å². The lowest BCUT2D eigenvalue weighted by Gasteiger charge is -2.21. The van der Waals surface area contributed by atoms with Crippen LogP contribution in [-0.2, 0) is 18.9 Å². The molecule has 0 spiro atoms. The van der Waals surface area contributed by atoms with Crippen LogP contribution in [0.1, 0.15) is 58.4 Å². The van der Waals surface area contributed by atoms with Crippen molar-refractivity contribution >= 4 is 0 Å². The predicted molar refractivity (Wildman–Crippen MR) is 214 cm³/mol. The van der Waals surface area contributed by atoms with Crippen LogP contribution in [0.2, 0.25) is 0 Å². The van der Waals surface area contributed by atoms with Gasteiger partial charge in [0.05, 0.1) is 39.6 Å². The first-order valence-corrected chi connectivity index (χ1v) is 19.3. The van der Waals surface area contributed by atoms with Crippen molar-refractivity contribution in [3.8, 4) is 45.3 Å². The highest BCUT2D eigenvalue weighted by Crippen LogP contribution is 2.37. The third kappa shape index (κ3) is 10.4. The number of hydrogen-bond acceptors (Lipinski definition) is 8. The lowest BCUT2D eigenvalue weighted by atomic mass is 9.96. The van der Waals surface area contributed by atoms with Crippen molar-refractivity contribution in [3.63, 3.8) is 0 Å². The van der Waals surface area contributed by atoms with Gasteiger partial charge in [0.15, 0.2) is 0 Å². The molecule has 54 heavy (non-hydrogen) atoms. The van der Waals surface area contributed by atoms with Crippen molar-refractivity contribution in [2.24, 2.45) is 0 Å². The monoisotopic (exact) mass is 738 g/mol. The van der Waals surface area contributed by atoms with Gasteiger partial charge in [-0.3, -0.25) is 0 Å². The Kier molecular flexibility index (Phi) is 12.9. The summed E-state index contributed by atoms with van der Waals surface area (Å²) in [5.74, 6) is 3.71. The smallest absolute Gasteiger partial charge is 0.125 e. The van der Waals surface area contributed by atoms with Crippen molar-refractivity contribution in [1.82, 2.24) is 0 Å². The van der Waals surface area contributed by atoms with E-state index in [1.807, 2.05) is 13.8 Å². The fourth-order valence-electron chi connectivity index (χ4n) is 7.06. The maximum atomic E-state index is 6.37. The molecule has 2 fully saturated rings. The van der Waals surface area contributed by atoms with Crippen LogP contribution in [0.5, 0.6) is 23.0 Å². The molecule has 0 aliphatic carbocycles. The maximum Gasteiger partial charge on any atom is 0.125 e. The van der Waals surface area contributed by atoms with Gasteiger partial charge >= 0.3 is 0 Å². The lowest BCUT2D eigenvalue weighted by molar-refractivity contribution is -0.00193. The zero-order valence-corrected chi connectivity index (χ0v) is 33.9. The van der Waals surface area contributed by atoms with E-state index >= 15 is 0 Å². The van der Waals surface area contributed by atoms with Crippen LogP contribution < -0.4 is 18.9 Å². The summed E-state index contributed by atoms with van der Waals surface area (Å²) in [4.78, 5) is 0. The molecule has 4 unspecified atom stereocenters. The average molecular weight is 739 g/mol. The summed E-state index contributed by atoms with van der Waals surface area (Å²) in [5.41, 5.74) is 13.6. The molecule has 4 aromatic carbocycles. The van der Waals surface area contributed by atoms with E-state index in [4.69, 9.17) is 37.9 Å². The first kappa shape index (κ1) is 39.6. The van der Waals surface area contributed by atoms with Gasteiger partial charge in [-0.05, 0) is 185 Å². The summed E-state index contributed by atoms with van der Waals surface area (Å²) in [6, 6.07) is 17.6. The zero-order valence-electron chi connectivity index (χ0n) is 33.9. The molecule has 6 rings (SSSR count). The predicted octanol–water partition coefficient (Wildman–Crippen LogP) is 9.31. The molecule has 0 amide bonds. The normalized spacial score (nSPS) is 17.2. The van der Waals surface area contributed by atoms with Gasteiger partial charge in [-0.25, -0.2) is 0 Å². The van der Waals surface area contributed by atoms with Crippen LogP contribution >= 0.6 is 0 Å². The molecule has 0 aromatic heterocycles. The Morgan fingerprint density at radius 1 is 0.463 bits per heavy atom. The fourth-order valence-corrected chi connectivity index (χ4v) is 7.06. The Labute approximate surface area is 322 Å². The van der Waals surface area contributed by atoms with Crippen LogP contribution in [0.25, 0.3) is 22.3 Å². The number of hydrogen-bond donors (Lipinski definition) is 0. The molecule has 290 valence electrons. The summed E-state index contributed by atoms with van der Waals surface area (Å²) >= 11 is 0. The molecule has 2 aliphatic rings. The Hall–Kier alpha value is -4.08. The number of rotatable bonds is 19. The molecular formula is C46H58O8. The van der Waals surface area contributed by atoms with E-state index in [2.05, 4.69) is 104 Å². The minimum atomic E-state index is -0.109. The molecule has 0 N–H and O–H groups in total. The van der Waals surface area contributed by atoms with Crippen molar-refractivity contribution in [3.05, 3.63) is 93.0 Å². The number of ether oxygens (including phenoxy) is 8. The second-order valence-electron chi connectivity index (χ2n) is 15.3. The minimum absolute atomic E-state index is 0.109. The maximum absolute atomic E-state index is 6.37. The van der Waals surface area contributed by atoms with Crippen molar-refractivity contribution in [2.75, 3.05) is 52.9 Å². The van der Waals surface area contributed by atoms with Gasteiger partial charge in [-0.1, -0.05) is 0 Å². The highest BCUT2D eigenvalue weighted by molar-refractivity contribution is 5.71. The van der Waals surface area contributed by atoms with E-state index in [1.54, 1.807) is 0 Å². The zero-order chi connectivity index (χ0) is 38.5. The molecule has 0 saturated carbocycles. The second kappa shape index (κ2) is 17.6. The Bertz CT molecular complexity index is 1690. The summed E-state index contributed by atoms with van der Waals surface area (Å²) < 4.78 is 47.3. The van der Waals surface area contributed by atoms with Crippen LogP contribution in [0.3, 0.4) is 0 Å². The summed E-state index contributed by atoms with van der Waals surface area (Å²) in [6.07, 6.45) is 0.255. The summed E-state index contributed by atoms with van der Waals surface area (Å²) in [7, 11) is 0. The molecule has 0 bridgehead atoms. The van der Waals surface area contributed by atoms with Crippen LogP contribution in [0.4, 0.5) is 0 Å². The highest BCUT2D eigenvalue weighted by Gasteiger charge is 2.25. The minimum Gasteiger partial charge on any atom is -0.490 e. The quantitative estimate of drug-likeness (QED) is 0.0696. The molecule has 0 radical (unpaired) electrons. The molecule has 4 aromatic rings. The lowest BCUT2D eigenvalue weighted by Crippen LogP contribution is -2.23. The molecule has 2 saturated heterocycles. The molecule has 2 aliphatic heterocycles.